The molecule has 0 saturated heterocycles. The fraction of sp³-hybridized carbons (Fsp3) is 0.125. The van der Waals surface area contributed by atoms with Gasteiger partial charge in [-0.2, -0.15) is 0 Å². The first-order chi connectivity index (χ1) is 10.9. The monoisotopic (exact) mass is 348 g/mol. The third-order valence-corrected chi connectivity index (χ3v) is 4.26. The molecule has 0 atom stereocenters. The van der Waals surface area contributed by atoms with Gasteiger partial charge in [-0.1, -0.05) is 70.0 Å². The van der Waals surface area contributed by atoms with Crippen LogP contribution in [-0.2, 0) is 13.8 Å². The van der Waals surface area contributed by atoms with Gasteiger partial charge in [0.2, 0.25) is 0 Å². The van der Waals surface area contributed by atoms with Crippen LogP contribution in [0.5, 0.6) is 0 Å². The van der Waals surface area contributed by atoms with Crippen molar-refractivity contribution >= 4 is 29.6 Å². The summed E-state index contributed by atoms with van der Waals surface area (Å²) >= 11 is 5.63. The molecule has 118 valence electrons. The SMILES string of the molecule is Cc1ccc(C2=NOP(=O)(Cl)ON=C2c2ccc(C)cc2)cc1. The van der Waals surface area contributed by atoms with Crippen LogP contribution < -0.4 is 0 Å². The molecule has 1 heterocycles. The van der Waals surface area contributed by atoms with Gasteiger partial charge in [0.25, 0.3) is 0 Å². The topological polar surface area (TPSA) is 60.2 Å². The standard InChI is InChI=1S/C16H14ClN2O3P/c1-11-3-7-13(8-4-11)15-16(14-9-5-12(2)6-10-14)19-22-23(17,20)21-18-15/h3-10H,1-2H3. The summed E-state index contributed by atoms with van der Waals surface area (Å²) in [5.74, 6) is 0. The van der Waals surface area contributed by atoms with Crippen LogP contribution in [0.4, 0.5) is 0 Å². The fourth-order valence-electron chi connectivity index (χ4n) is 2.08. The molecular formula is C16H14ClN2O3P. The Balaban J connectivity index is 2.11. The maximum absolute atomic E-state index is 11.8. The summed E-state index contributed by atoms with van der Waals surface area (Å²) in [6, 6.07) is 15.3. The van der Waals surface area contributed by atoms with Gasteiger partial charge in [-0.05, 0) is 13.8 Å². The summed E-state index contributed by atoms with van der Waals surface area (Å²) < 4.78 is 21.5. The zero-order valence-electron chi connectivity index (χ0n) is 12.6. The Morgan fingerprint density at radius 2 is 1.13 bits per heavy atom. The summed E-state index contributed by atoms with van der Waals surface area (Å²) in [4.78, 5) is 0. The van der Waals surface area contributed by atoms with E-state index < -0.39 is 6.95 Å². The zero-order valence-corrected chi connectivity index (χ0v) is 14.2. The third kappa shape index (κ3) is 3.63. The molecule has 0 aromatic heterocycles. The molecule has 2 aromatic carbocycles. The molecule has 0 unspecified atom stereocenters. The van der Waals surface area contributed by atoms with Crippen LogP contribution in [-0.4, -0.2) is 11.4 Å². The van der Waals surface area contributed by atoms with Crippen LogP contribution in [0.1, 0.15) is 22.3 Å². The molecule has 0 N–H and O–H groups in total. The average molecular weight is 349 g/mol. The molecule has 1 aliphatic heterocycles. The number of aryl methyl sites for hydroxylation is 2. The zero-order chi connectivity index (χ0) is 16.4. The molecule has 7 heteroatoms. The highest BCUT2D eigenvalue weighted by molar-refractivity contribution is 7.81. The summed E-state index contributed by atoms with van der Waals surface area (Å²) in [6.45, 7) is 0.105. The Bertz CT molecular complexity index is 762. The number of benzene rings is 2. The van der Waals surface area contributed by atoms with E-state index in [0.717, 1.165) is 22.3 Å². The van der Waals surface area contributed by atoms with Gasteiger partial charge in [0.15, 0.2) is 0 Å². The Kier molecular flexibility index (Phi) is 4.24. The molecule has 0 aliphatic carbocycles. The minimum absolute atomic E-state index is 0.409. The van der Waals surface area contributed by atoms with Gasteiger partial charge < -0.3 is 0 Å². The molecule has 0 radical (unpaired) electrons. The van der Waals surface area contributed by atoms with E-state index in [1.165, 1.54) is 0 Å². The van der Waals surface area contributed by atoms with Crippen molar-refractivity contribution in [2.45, 2.75) is 13.8 Å². The number of rotatable bonds is 2. The van der Waals surface area contributed by atoms with Crippen molar-refractivity contribution in [3.05, 3.63) is 70.8 Å². The molecule has 0 bridgehead atoms. The van der Waals surface area contributed by atoms with Crippen LogP contribution in [0.2, 0.25) is 0 Å². The van der Waals surface area contributed by atoms with Crippen molar-refractivity contribution in [2.24, 2.45) is 10.3 Å². The van der Waals surface area contributed by atoms with Crippen LogP contribution in [0, 0.1) is 13.8 Å². The number of hydrogen-bond donors (Lipinski definition) is 0. The molecular weight excluding hydrogens is 335 g/mol. The summed E-state index contributed by atoms with van der Waals surface area (Å²) in [6.07, 6.45) is 0. The Morgan fingerprint density at radius 1 is 0.783 bits per heavy atom. The normalized spacial score (nSPS) is 16.5. The van der Waals surface area contributed by atoms with Gasteiger partial charge in [-0.3, -0.25) is 9.25 Å². The third-order valence-electron chi connectivity index (χ3n) is 3.33. The highest BCUT2D eigenvalue weighted by atomic mass is 35.7. The Morgan fingerprint density at radius 3 is 1.48 bits per heavy atom. The predicted molar refractivity (Wildman–Crippen MR) is 91.1 cm³/mol. The van der Waals surface area contributed by atoms with Gasteiger partial charge >= 0.3 is 6.95 Å². The van der Waals surface area contributed by atoms with Crippen molar-refractivity contribution < 1.29 is 13.8 Å². The van der Waals surface area contributed by atoms with Crippen molar-refractivity contribution in [2.75, 3.05) is 0 Å². The Labute approximate surface area is 138 Å². The molecule has 2 aromatic rings. The Hall–Kier alpha value is -2.10. The van der Waals surface area contributed by atoms with Crippen molar-refractivity contribution in [3.8, 4) is 0 Å². The van der Waals surface area contributed by atoms with Crippen molar-refractivity contribution in [1.82, 2.24) is 0 Å². The second-order valence-electron chi connectivity index (χ2n) is 5.21. The molecule has 0 spiro atoms. The predicted octanol–water partition coefficient (Wildman–Crippen LogP) is 4.81. The number of nitrogens with zero attached hydrogens (tertiary/aromatic N) is 2. The molecule has 23 heavy (non-hydrogen) atoms. The number of oxime groups is 2. The number of hydrogen-bond acceptors (Lipinski definition) is 5. The van der Waals surface area contributed by atoms with E-state index in [9.17, 15) is 4.57 Å². The summed E-state index contributed by atoms with van der Waals surface area (Å²) in [5, 5.41) is 7.84. The second kappa shape index (κ2) is 6.19. The maximum Gasteiger partial charge on any atom is 0.570 e. The van der Waals surface area contributed by atoms with Crippen molar-refractivity contribution in [1.29, 1.82) is 0 Å². The summed E-state index contributed by atoms with van der Waals surface area (Å²) in [5.41, 5.74) is 4.56. The molecule has 5 nitrogen and oxygen atoms in total. The van der Waals surface area contributed by atoms with Crippen LogP contribution >= 0.6 is 18.2 Å². The van der Waals surface area contributed by atoms with Crippen LogP contribution in [0.3, 0.4) is 0 Å². The van der Waals surface area contributed by atoms with E-state index in [4.69, 9.17) is 20.5 Å². The van der Waals surface area contributed by atoms with E-state index >= 15 is 0 Å². The largest absolute Gasteiger partial charge is 0.570 e. The lowest BCUT2D eigenvalue weighted by atomic mass is 9.98. The first-order valence-corrected chi connectivity index (χ1v) is 9.37. The lowest BCUT2D eigenvalue weighted by Crippen LogP contribution is -2.17. The van der Waals surface area contributed by atoms with Crippen LogP contribution in [0.15, 0.2) is 58.8 Å². The van der Waals surface area contributed by atoms with Crippen molar-refractivity contribution in [3.63, 3.8) is 0 Å². The van der Waals surface area contributed by atoms with Gasteiger partial charge in [0, 0.05) is 22.4 Å². The second-order valence-corrected chi connectivity index (χ2v) is 7.64. The van der Waals surface area contributed by atoms with E-state index in [-0.39, 0.29) is 0 Å². The molecule has 0 saturated carbocycles. The highest BCUT2D eigenvalue weighted by Gasteiger charge is 2.30. The summed E-state index contributed by atoms with van der Waals surface area (Å²) in [7, 11) is 0. The van der Waals surface area contributed by atoms with E-state index in [1.807, 2.05) is 62.4 Å². The van der Waals surface area contributed by atoms with Gasteiger partial charge in [-0.15, -0.1) is 0 Å². The van der Waals surface area contributed by atoms with Crippen LogP contribution in [0.25, 0.3) is 0 Å². The maximum atomic E-state index is 11.8. The first-order valence-electron chi connectivity index (χ1n) is 6.92. The van der Waals surface area contributed by atoms with Gasteiger partial charge in [0.1, 0.15) is 11.4 Å². The first kappa shape index (κ1) is 15.8. The molecule has 1 aliphatic rings. The van der Waals surface area contributed by atoms with E-state index in [0.29, 0.717) is 11.4 Å². The van der Waals surface area contributed by atoms with E-state index in [2.05, 4.69) is 10.3 Å². The smallest absolute Gasteiger partial charge is 0.291 e. The number of halogens is 1. The molecule has 3 rings (SSSR count). The lowest BCUT2D eigenvalue weighted by Gasteiger charge is -2.07. The van der Waals surface area contributed by atoms with E-state index in [1.54, 1.807) is 0 Å². The molecule has 0 amide bonds. The molecule has 0 fully saturated rings. The van der Waals surface area contributed by atoms with Gasteiger partial charge in [0.05, 0.1) is 0 Å². The minimum atomic E-state index is -3.87. The average Bonchev–Trinajstić information content (AvgIpc) is 2.68. The highest BCUT2D eigenvalue weighted by Crippen LogP contribution is 2.55. The van der Waals surface area contributed by atoms with Gasteiger partial charge in [-0.25, -0.2) is 4.57 Å². The quantitative estimate of drug-likeness (QED) is 0.732. The lowest BCUT2D eigenvalue weighted by molar-refractivity contribution is 0.238. The minimum Gasteiger partial charge on any atom is -0.291 e. The fourth-order valence-corrected chi connectivity index (χ4v) is 2.66.